The number of nitrogens with zero attached hydrogens (tertiary/aromatic N) is 4. The molecule has 0 saturated heterocycles. The summed E-state index contributed by atoms with van der Waals surface area (Å²) in [7, 11) is 0. The minimum absolute atomic E-state index is 0.272. The minimum atomic E-state index is -0.546. The average Bonchev–Trinajstić information content (AvgIpc) is 3.14. The van der Waals surface area contributed by atoms with Crippen LogP contribution in [0.3, 0.4) is 0 Å². The van der Waals surface area contributed by atoms with E-state index in [4.69, 9.17) is 10.5 Å². The lowest BCUT2D eigenvalue weighted by atomic mass is 10.2. The summed E-state index contributed by atoms with van der Waals surface area (Å²) in [5, 5.41) is 4.21. The lowest BCUT2D eigenvalue weighted by molar-refractivity contribution is 0.0994. The summed E-state index contributed by atoms with van der Waals surface area (Å²) in [5.74, 6) is 0.874. The molecule has 7 nitrogen and oxygen atoms in total. The molecule has 3 heterocycles. The number of hydrogen-bond acceptors (Lipinski definition) is 4. The molecule has 0 spiro atoms. The first kappa shape index (κ1) is 14.9. The molecule has 1 aromatic carbocycles. The van der Waals surface area contributed by atoms with Crippen LogP contribution in [-0.2, 0) is 13.1 Å². The lowest BCUT2D eigenvalue weighted by Crippen LogP contribution is -2.18. The fourth-order valence-electron chi connectivity index (χ4n) is 2.89. The van der Waals surface area contributed by atoms with Crippen LogP contribution in [-0.4, -0.2) is 31.8 Å². The zero-order valence-corrected chi connectivity index (χ0v) is 14.2. The fraction of sp³-hybridized carbons (Fsp3) is 0.188. The third-order valence-electron chi connectivity index (χ3n) is 3.93. The number of fused-ring (bicyclic) bond motifs is 3. The van der Waals surface area contributed by atoms with Crippen LogP contribution in [0.5, 0.6) is 5.75 Å². The molecule has 0 radical (unpaired) electrons. The van der Waals surface area contributed by atoms with Crippen molar-refractivity contribution < 1.29 is 9.53 Å². The molecule has 0 aliphatic carbocycles. The van der Waals surface area contributed by atoms with E-state index in [1.165, 1.54) is 0 Å². The van der Waals surface area contributed by atoms with Gasteiger partial charge in [-0.15, -0.1) is 0 Å². The number of hydrogen-bond donors (Lipinski definition) is 1. The van der Waals surface area contributed by atoms with E-state index in [2.05, 4.69) is 26.0 Å². The number of carbonyl (C=O) groups excluding carboxylic acids is 1. The van der Waals surface area contributed by atoms with Gasteiger partial charge < -0.3 is 15.0 Å². The number of carbonyl (C=O) groups is 1. The lowest BCUT2D eigenvalue weighted by Gasteiger charge is -2.09. The predicted octanol–water partition coefficient (Wildman–Crippen LogP) is 2.05. The summed E-state index contributed by atoms with van der Waals surface area (Å²) in [6.07, 6.45) is 3.53. The Balaban J connectivity index is 1.92. The first-order chi connectivity index (χ1) is 11.6. The number of primary amides is 1. The Bertz CT molecular complexity index is 917. The van der Waals surface area contributed by atoms with Crippen LogP contribution in [0.2, 0.25) is 0 Å². The van der Waals surface area contributed by atoms with Crippen molar-refractivity contribution in [2.24, 2.45) is 5.73 Å². The summed E-state index contributed by atoms with van der Waals surface area (Å²) in [6.45, 7) is 1.49. The smallest absolute Gasteiger partial charge is 0.269 e. The zero-order valence-electron chi connectivity index (χ0n) is 12.6. The van der Waals surface area contributed by atoms with E-state index in [1.54, 1.807) is 10.9 Å². The quantitative estimate of drug-likeness (QED) is 0.744. The van der Waals surface area contributed by atoms with Gasteiger partial charge in [-0.05, 0) is 24.3 Å². The molecule has 1 amide bonds. The fourth-order valence-corrected chi connectivity index (χ4v) is 3.25. The highest BCUT2D eigenvalue weighted by Gasteiger charge is 2.26. The number of halogens is 1. The van der Waals surface area contributed by atoms with Crippen LogP contribution in [0.15, 0.2) is 41.1 Å². The summed E-state index contributed by atoms with van der Waals surface area (Å²) < 4.78 is 10.5. The first-order valence-electron chi connectivity index (χ1n) is 7.43. The third kappa shape index (κ3) is 2.48. The van der Waals surface area contributed by atoms with Gasteiger partial charge in [0.05, 0.1) is 24.3 Å². The second-order valence-electron chi connectivity index (χ2n) is 5.44. The van der Waals surface area contributed by atoms with Crippen LogP contribution in [0.25, 0.3) is 11.4 Å². The van der Waals surface area contributed by atoms with Crippen molar-refractivity contribution in [3.63, 3.8) is 0 Å². The van der Waals surface area contributed by atoms with Crippen molar-refractivity contribution in [3.8, 4) is 17.1 Å². The minimum Gasteiger partial charge on any atom is -0.491 e. The SMILES string of the molecule is NC(=O)c1nc2n(c1Cn1cccn1)CCOc1ccc(Br)cc1-2. The number of nitrogens with two attached hydrogens (primary N) is 1. The summed E-state index contributed by atoms with van der Waals surface area (Å²) in [6, 6.07) is 7.57. The molecule has 24 heavy (non-hydrogen) atoms. The Kier molecular flexibility index (Phi) is 3.61. The van der Waals surface area contributed by atoms with E-state index >= 15 is 0 Å². The van der Waals surface area contributed by atoms with Gasteiger partial charge >= 0.3 is 0 Å². The molecule has 0 atom stereocenters. The van der Waals surface area contributed by atoms with Gasteiger partial charge in [0, 0.05) is 16.9 Å². The standard InChI is InChI=1S/C16H14BrN5O2/c17-10-2-3-13-11(8-10)16-20-14(15(18)23)12(22(16)6-7-24-13)9-21-5-1-4-19-21/h1-5,8H,6-7,9H2,(H2,18,23). The Labute approximate surface area is 146 Å². The molecule has 1 aliphatic heterocycles. The average molecular weight is 388 g/mol. The maximum absolute atomic E-state index is 11.9. The topological polar surface area (TPSA) is 88.0 Å². The number of amides is 1. The molecule has 0 unspecified atom stereocenters. The van der Waals surface area contributed by atoms with Crippen LogP contribution in [0.4, 0.5) is 0 Å². The van der Waals surface area contributed by atoms with E-state index in [0.717, 1.165) is 21.5 Å². The van der Waals surface area contributed by atoms with Gasteiger partial charge in [0.15, 0.2) is 5.69 Å². The van der Waals surface area contributed by atoms with Gasteiger partial charge in [-0.3, -0.25) is 9.48 Å². The second kappa shape index (κ2) is 5.79. The van der Waals surface area contributed by atoms with Gasteiger partial charge in [0.2, 0.25) is 0 Å². The maximum atomic E-state index is 11.9. The van der Waals surface area contributed by atoms with E-state index < -0.39 is 5.91 Å². The number of rotatable bonds is 3. The highest BCUT2D eigenvalue weighted by Crippen LogP contribution is 2.35. The van der Waals surface area contributed by atoms with Crippen LogP contribution in [0.1, 0.15) is 16.2 Å². The van der Waals surface area contributed by atoms with Crippen molar-refractivity contribution in [2.75, 3.05) is 6.61 Å². The third-order valence-corrected chi connectivity index (χ3v) is 4.43. The second-order valence-corrected chi connectivity index (χ2v) is 6.35. The first-order valence-corrected chi connectivity index (χ1v) is 8.22. The van der Waals surface area contributed by atoms with E-state index in [9.17, 15) is 4.79 Å². The van der Waals surface area contributed by atoms with E-state index in [0.29, 0.717) is 25.5 Å². The van der Waals surface area contributed by atoms with Gasteiger partial charge in [-0.25, -0.2) is 4.98 Å². The molecule has 0 fully saturated rings. The Hall–Kier alpha value is -2.61. The largest absolute Gasteiger partial charge is 0.491 e. The molecule has 2 aromatic heterocycles. The Morgan fingerprint density at radius 1 is 1.42 bits per heavy atom. The van der Waals surface area contributed by atoms with Gasteiger partial charge in [0.1, 0.15) is 18.2 Å². The molecule has 122 valence electrons. The summed E-state index contributed by atoms with van der Waals surface area (Å²) in [4.78, 5) is 16.4. The molecular weight excluding hydrogens is 374 g/mol. The highest BCUT2D eigenvalue weighted by atomic mass is 79.9. The maximum Gasteiger partial charge on any atom is 0.269 e. The van der Waals surface area contributed by atoms with Crippen LogP contribution < -0.4 is 10.5 Å². The van der Waals surface area contributed by atoms with Crippen LogP contribution in [0, 0.1) is 0 Å². The zero-order chi connectivity index (χ0) is 16.7. The predicted molar refractivity (Wildman–Crippen MR) is 90.7 cm³/mol. The van der Waals surface area contributed by atoms with E-state index in [1.807, 2.05) is 35.0 Å². The van der Waals surface area contributed by atoms with Gasteiger partial charge in [0.25, 0.3) is 5.91 Å². The molecule has 3 aromatic rings. The highest BCUT2D eigenvalue weighted by molar-refractivity contribution is 9.10. The number of ether oxygens (including phenoxy) is 1. The molecular formula is C16H14BrN5O2. The van der Waals surface area contributed by atoms with Gasteiger partial charge in [-0.1, -0.05) is 15.9 Å². The summed E-state index contributed by atoms with van der Waals surface area (Å²) >= 11 is 3.47. The van der Waals surface area contributed by atoms with Crippen molar-refractivity contribution >= 4 is 21.8 Å². The van der Waals surface area contributed by atoms with Gasteiger partial charge in [-0.2, -0.15) is 5.10 Å². The van der Waals surface area contributed by atoms with Crippen LogP contribution >= 0.6 is 15.9 Å². The molecule has 4 rings (SSSR count). The molecule has 0 saturated carbocycles. The van der Waals surface area contributed by atoms with Crippen molar-refractivity contribution in [1.29, 1.82) is 0 Å². The number of benzene rings is 1. The number of imidazole rings is 1. The summed E-state index contributed by atoms with van der Waals surface area (Å²) in [5.41, 5.74) is 7.39. The monoisotopic (exact) mass is 387 g/mol. The molecule has 8 heteroatoms. The molecule has 2 N–H and O–H groups in total. The molecule has 0 bridgehead atoms. The van der Waals surface area contributed by atoms with Crippen molar-refractivity contribution in [2.45, 2.75) is 13.1 Å². The van der Waals surface area contributed by atoms with Crippen molar-refractivity contribution in [3.05, 3.63) is 52.5 Å². The Morgan fingerprint density at radius 3 is 3.04 bits per heavy atom. The van der Waals surface area contributed by atoms with E-state index in [-0.39, 0.29) is 5.69 Å². The molecule has 1 aliphatic rings. The normalized spacial score (nSPS) is 12.9. The Morgan fingerprint density at radius 2 is 2.29 bits per heavy atom. The van der Waals surface area contributed by atoms with Crippen molar-refractivity contribution in [1.82, 2.24) is 19.3 Å². The number of aromatic nitrogens is 4.